The fourth-order valence-electron chi connectivity index (χ4n) is 2.39. The van der Waals surface area contributed by atoms with Gasteiger partial charge < -0.3 is 9.64 Å². The summed E-state index contributed by atoms with van der Waals surface area (Å²) in [6.45, 7) is 5.89. The molecule has 0 N–H and O–H groups in total. The van der Waals surface area contributed by atoms with Gasteiger partial charge in [0.2, 0.25) is 5.91 Å². The molecule has 0 spiro atoms. The summed E-state index contributed by atoms with van der Waals surface area (Å²) in [4.78, 5) is 14.8. The number of carbonyl (C=O) groups excluding carboxylic acids is 1. The van der Waals surface area contributed by atoms with Crippen molar-refractivity contribution in [3.05, 3.63) is 35.9 Å². The number of carbonyl (C=O) groups is 1. The molecule has 1 aliphatic heterocycles. The maximum Gasteiger partial charge on any atom is 0.233 e. The first-order valence-electron chi connectivity index (χ1n) is 6.57. The molecule has 0 saturated carbocycles. The van der Waals surface area contributed by atoms with Crippen LogP contribution in [-0.4, -0.2) is 41.9 Å². The zero-order valence-electron chi connectivity index (χ0n) is 11.4. The first-order valence-corrected chi connectivity index (χ1v) is 7.70. The lowest BCUT2D eigenvalue weighted by Gasteiger charge is -2.39. The van der Waals surface area contributed by atoms with Gasteiger partial charge in [-0.2, -0.15) is 0 Å². The molecule has 0 aliphatic carbocycles. The second-order valence-electron chi connectivity index (χ2n) is 5.37. The maximum atomic E-state index is 12.8. The summed E-state index contributed by atoms with van der Waals surface area (Å²) < 4.78 is 5.45. The predicted molar refractivity (Wildman–Crippen MR) is 79.6 cm³/mol. The lowest BCUT2D eigenvalue weighted by Crippen LogP contribution is -2.54. The molecule has 1 aromatic carbocycles. The van der Waals surface area contributed by atoms with Crippen molar-refractivity contribution in [2.75, 3.05) is 25.1 Å². The summed E-state index contributed by atoms with van der Waals surface area (Å²) in [5, 5.41) is 0.754. The minimum atomic E-state index is -0.501. The number of hydrogen-bond donors (Lipinski definition) is 0. The number of hydrogen-bond acceptors (Lipinski definition) is 2. The number of rotatable bonds is 3. The molecule has 19 heavy (non-hydrogen) atoms. The van der Waals surface area contributed by atoms with Crippen LogP contribution in [-0.2, 0) is 14.9 Å². The summed E-state index contributed by atoms with van der Waals surface area (Å²) in [7, 11) is 0. The van der Waals surface area contributed by atoms with Gasteiger partial charge in [-0.3, -0.25) is 4.79 Å². The molecule has 1 saturated heterocycles. The largest absolute Gasteiger partial charge is 0.377 e. The standard InChI is InChI=1S/C15H20BrNO2/c1-15(2,12-6-4-3-5-7-12)14(18)17-8-9-19-11-13(17)10-16/h3-7,13H,8-11H2,1-2H3. The Hall–Kier alpha value is -0.870. The van der Waals surface area contributed by atoms with Crippen LogP contribution in [0.1, 0.15) is 19.4 Å². The molecule has 104 valence electrons. The van der Waals surface area contributed by atoms with E-state index in [4.69, 9.17) is 4.74 Å². The molecule has 1 atom stereocenters. The average molecular weight is 326 g/mol. The third-order valence-electron chi connectivity index (χ3n) is 3.70. The maximum absolute atomic E-state index is 12.8. The minimum Gasteiger partial charge on any atom is -0.377 e. The summed E-state index contributed by atoms with van der Waals surface area (Å²) in [5.74, 6) is 0.173. The van der Waals surface area contributed by atoms with Gasteiger partial charge in [-0.15, -0.1) is 0 Å². The first kappa shape index (κ1) is 14.5. The van der Waals surface area contributed by atoms with E-state index in [0.29, 0.717) is 19.8 Å². The average Bonchev–Trinajstić information content (AvgIpc) is 2.47. The molecule has 1 fully saturated rings. The minimum absolute atomic E-state index is 0.129. The van der Waals surface area contributed by atoms with Crippen LogP contribution in [0.2, 0.25) is 0 Å². The summed E-state index contributed by atoms with van der Waals surface area (Å²) in [5.41, 5.74) is 0.554. The van der Waals surface area contributed by atoms with Crippen LogP contribution in [0.15, 0.2) is 30.3 Å². The summed E-state index contributed by atoms with van der Waals surface area (Å²) >= 11 is 3.47. The molecule has 0 radical (unpaired) electrons. The number of alkyl halides is 1. The Kier molecular flexibility index (Phi) is 4.63. The normalized spacial score (nSPS) is 20.4. The topological polar surface area (TPSA) is 29.5 Å². The fourth-order valence-corrected chi connectivity index (χ4v) is 2.92. The van der Waals surface area contributed by atoms with Crippen molar-refractivity contribution in [3.63, 3.8) is 0 Å². The van der Waals surface area contributed by atoms with Crippen LogP contribution in [0.5, 0.6) is 0 Å². The molecule has 1 amide bonds. The van der Waals surface area contributed by atoms with Gasteiger partial charge in [-0.05, 0) is 19.4 Å². The Labute approximate surface area is 123 Å². The molecule has 1 aromatic rings. The number of amides is 1. The highest BCUT2D eigenvalue weighted by Crippen LogP contribution is 2.27. The van der Waals surface area contributed by atoms with Gasteiger partial charge in [-0.1, -0.05) is 46.3 Å². The van der Waals surface area contributed by atoms with Gasteiger partial charge in [0.25, 0.3) is 0 Å². The van der Waals surface area contributed by atoms with Crippen molar-refractivity contribution in [1.29, 1.82) is 0 Å². The second-order valence-corrected chi connectivity index (χ2v) is 6.02. The monoisotopic (exact) mass is 325 g/mol. The van der Waals surface area contributed by atoms with Crippen LogP contribution >= 0.6 is 15.9 Å². The molecule has 0 bridgehead atoms. The molecule has 1 unspecified atom stereocenters. The smallest absolute Gasteiger partial charge is 0.233 e. The van der Waals surface area contributed by atoms with Gasteiger partial charge in [0, 0.05) is 11.9 Å². The van der Waals surface area contributed by atoms with Gasteiger partial charge >= 0.3 is 0 Å². The number of morpholine rings is 1. The van der Waals surface area contributed by atoms with Crippen LogP contribution in [0.3, 0.4) is 0 Å². The van der Waals surface area contributed by atoms with Crippen molar-refractivity contribution < 1.29 is 9.53 Å². The van der Waals surface area contributed by atoms with Crippen molar-refractivity contribution in [2.45, 2.75) is 25.3 Å². The molecule has 1 heterocycles. The molecule has 3 nitrogen and oxygen atoms in total. The summed E-state index contributed by atoms with van der Waals surface area (Å²) in [6.07, 6.45) is 0. The van der Waals surface area contributed by atoms with Gasteiger partial charge in [-0.25, -0.2) is 0 Å². The Morgan fingerprint density at radius 2 is 2.11 bits per heavy atom. The van der Waals surface area contributed by atoms with E-state index in [1.165, 1.54) is 0 Å². The predicted octanol–water partition coefficient (Wildman–Crippen LogP) is 2.59. The number of nitrogens with zero attached hydrogens (tertiary/aromatic N) is 1. The molecule has 4 heteroatoms. The number of halogens is 1. The zero-order chi connectivity index (χ0) is 13.9. The Bertz CT molecular complexity index is 433. The van der Waals surface area contributed by atoms with E-state index in [2.05, 4.69) is 15.9 Å². The first-order chi connectivity index (χ1) is 9.07. The Morgan fingerprint density at radius 3 is 2.74 bits per heavy atom. The van der Waals surface area contributed by atoms with Crippen LogP contribution in [0.25, 0.3) is 0 Å². The van der Waals surface area contributed by atoms with E-state index in [1.807, 2.05) is 49.1 Å². The van der Waals surface area contributed by atoms with E-state index < -0.39 is 5.41 Å². The van der Waals surface area contributed by atoms with E-state index in [9.17, 15) is 4.79 Å². The SMILES string of the molecule is CC(C)(C(=O)N1CCOCC1CBr)c1ccccc1. The van der Waals surface area contributed by atoms with Crippen molar-refractivity contribution in [1.82, 2.24) is 4.90 Å². The molecule has 1 aliphatic rings. The van der Waals surface area contributed by atoms with Crippen molar-refractivity contribution >= 4 is 21.8 Å². The second kappa shape index (κ2) is 6.06. The fraction of sp³-hybridized carbons (Fsp3) is 0.533. The molecule has 2 rings (SSSR count). The van der Waals surface area contributed by atoms with Crippen LogP contribution in [0.4, 0.5) is 0 Å². The van der Waals surface area contributed by atoms with E-state index in [-0.39, 0.29) is 11.9 Å². The molecule has 0 aromatic heterocycles. The molecular weight excluding hydrogens is 306 g/mol. The van der Waals surface area contributed by atoms with Gasteiger partial charge in [0.05, 0.1) is 24.7 Å². The Morgan fingerprint density at radius 1 is 1.42 bits per heavy atom. The lowest BCUT2D eigenvalue weighted by molar-refractivity contribution is -0.144. The highest BCUT2D eigenvalue weighted by molar-refractivity contribution is 9.09. The highest BCUT2D eigenvalue weighted by atomic mass is 79.9. The Balaban J connectivity index is 2.22. The lowest BCUT2D eigenvalue weighted by atomic mass is 9.83. The van der Waals surface area contributed by atoms with Crippen LogP contribution < -0.4 is 0 Å². The number of ether oxygens (including phenoxy) is 1. The van der Waals surface area contributed by atoms with E-state index in [1.54, 1.807) is 0 Å². The number of benzene rings is 1. The summed E-state index contributed by atoms with van der Waals surface area (Å²) in [6, 6.07) is 10.1. The zero-order valence-corrected chi connectivity index (χ0v) is 13.0. The van der Waals surface area contributed by atoms with Crippen molar-refractivity contribution in [3.8, 4) is 0 Å². The highest BCUT2D eigenvalue weighted by Gasteiger charge is 2.37. The van der Waals surface area contributed by atoms with E-state index in [0.717, 1.165) is 10.9 Å². The van der Waals surface area contributed by atoms with Gasteiger partial charge in [0.1, 0.15) is 0 Å². The van der Waals surface area contributed by atoms with Crippen molar-refractivity contribution in [2.24, 2.45) is 0 Å². The van der Waals surface area contributed by atoms with Crippen LogP contribution in [0, 0.1) is 0 Å². The third kappa shape index (κ3) is 3.00. The van der Waals surface area contributed by atoms with Gasteiger partial charge in [0.15, 0.2) is 0 Å². The molecular formula is C15H20BrNO2. The van der Waals surface area contributed by atoms with E-state index >= 15 is 0 Å². The third-order valence-corrected chi connectivity index (χ3v) is 4.44. The quantitative estimate of drug-likeness (QED) is 0.799.